The molecule has 5 heteroatoms. The van der Waals surface area contributed by atoms with Gasteiger partial charge in [-0.1, -0.05) is 6.07 Å². The molecular weight excluding hydrogens is 218 g/mol. The van der Waals surface area contributed by atoms with Crippen LogP contribution in [0.25, 0.3) is 0 Å². The maximum absolute atomic E-state index is 9.55. The highest BCUT2D eigenvalue weighted by atomic mass is 35.5. The van der Waals surface area contributed by atoms with Crippen LogP contribution in [-0.4, -0.2) is 30.0 Å². The van der Waals surface area contributed by atoms with Crippen LogP contribution in [0.1, 0.15) is 5.56 Å². The predicted octanol–water partition coefficient (Wildman–Crippen LogP) is 0.685. The van der Waals surface area contributed by atoms with Crippen molar-refractivity contribution in [2.75, 3.05) is 13.7 Å². The molecule has 0 aliphatic carbocycles. The predicted molar refractivity (Wildman–Crippen MR) is 60.7 cm³/mol. The highest BCUT2D eigenvalue weighted by molar-refractivity contribution is 5.85. The minimum Gasteiger partial charge on any atom is -0.508 e. The zero-order chi connectivity index (χ0) is 10.6. The number of aliphatic hydroxyl groups is 1. The van der Waals surface area contributed by atoms with Crippen LogP contribution in [0.3, 0.4) is 0 Å². The van der Waals surface area contributed by atoms with Gasteiger partial charge in [0, 0.05) is 12.1 Å². The number of benzene rings is 1. The molecule has 0 radical (unpaired) electrons. The lowest BCUT2D eigenvalue weighted by molar-refractivity contribution is 0.264. The average molecular weight is 234 g/mol. The van der Waals surface area contributed by atoms with Crippen molar-refractivity contribution in [1.82, 2.24) is 0 Å². The minimum atomic E-state index is -0.339. The Morgan fingerprint density at radius 2 is 2.13 bits per heavy atom. The van der Waals surface area contributed by atoms with Crippen LogP contribution in [0.5, 0.6) is 11.5 Å². The highest BCUT2D eigenvalue weighted by Gasteiger charge is 2.07. The van der Waals surface area contributed by atoms with Crippen molar-refractivity contribution in [3.05, 3.63) is 23.8 Å². The fourth-order valence-corrected chi connectivity index (χ4v) is 1.19. The third kappa shape index (κ3) is 3.95. The molecule has 0 spiro atoms. The van der Waals surface area contributed by atoms with Gasteiger partial charge in [-0.2, -0.15) is 0 Å². The second kappa shape index (κ2) is 6.50. The molecule has 1 unspecified atom stereocenters. The Bertz CT molecular complexity index is 307. The van der Waals surface area contributed by atoms with Crippen LogP contribution in [-0.2, 0) is 6.42 Å². The summed E-state index contributed by atoms with van der Waals surface area (Å²) in [7, 11) is 1.54. The van der Waals surface area contributed by atoms with E-state index in [0.29, 0.717) is 17.7 Å². The van der Waals surface area contributed by atoms with E-state index in [9.17, 15) is 5.11 Å². The first-order valence-corrected chi connectivity index (χ1v) is 4.39. The number of halogens is 1. The van der Waals surface area contributed by atoms with Crippen LogP contribution < -0.4 is 10.5 Å². The van der Waals surface area contributed by atoms with Gasteiger partial charge >= 0.3 is 0 Å². The number of phenols is 1. The number of hydrogen-bond donors (Lipinski definition) is 3. The van der Waals surface area contributed by atoms with E-state index in [2.05, 4.69) is 0 Å². The molecule has 1 aromatic rings. The first kappa shape index (κ1) is 14.0. The standard InChI is InChI=1S/C10H15NO3.ClH/c1-14-9-3-2-7(10(13)5-9)4-8(11)6-12;/h2-3,5,8,12-13H,4,6,11H2,1H3;1H. The number of aromatic hydroxyl groups is 1. The van der Waals surface area contributed by atoms with Gasteiger partial charge in [-0.25, -0.2) is 0 Å². The van der Waals surface area contributed by atoms with E-state index in [4.69, 9.17) is 15.6 Å². The maximum Gasteiger partial charge on any atom is 0.122 e. The number of hydrogen-bond acceptors (Lipinski definition) is 4. The van der Waals surface area contributed by atoms with E-state index in [1.807, 2.05) is 0 Å². The zero-order valence-corrected chi connectivity index (χ0v) is 9.33. The molecule has 4 nitrogen and oxygen atoms in total. The molecule has 4 N–H and O–H groups in total. The lowest BCUT2D eigenvalue weighted by Gasteiger charge is -2.10. The van der Waals surface area contributed by atoms with Crippen LogP contribution in [0.4, 0.5) is 0 Å². The molecule has 0 heterocycles. The fourth-order valence-electron chi connectivity index (χ4n) is 1.19. The Hall–Kier alpha value is -0.970. The molecule has 1 aromatic carbocycles. The maximum atomic E-state index is 9.55. The summed E-state index contributed by atoms with van der Waals surface area (Å²) in [5, 5.41) is 18.3. The Kier molecular flexibility index (Phi) is 6.08. The molecule has 0 bridgehead atoms. The Morgan fingerprint density at radius 3 is 2.60 bits per heavy atom. The second-order valence-corrected chi connectivity index (χ2v) is 3.14. The Balaban J connectivity index is 0.00000196. The van der Waals surface area contributed by atoms with E-state index in [1.165, 1.54) is 13.2 Å². The largest absolute Gasteiger partial charge is 0.508 e. The van der Waals surface area contributed by atoms with Crippen molar-refractivity contribution in [3.63, 3.8) is 0 Å². The molecule has 86 valence electrons. The molecule has 0 aliphatic heterocycles. The van der Waals surface area contributed by atoms with Crippen molar-refractivity contribution in [3.8, 4) is 11.5 Å². The van der Waals surface area contributed by atoms with Crippen LogP contribution >= 0.6 is 12.4 Å². The summed E-state index contributed by atoms with van der Waals surface area (Å²) < 4.78 is 4.94. The van der Waals surface area contributed by atoms with E-state index < -0.39 is 0 Å². The first-order valence-electron chi connectivity index (χ1n) is 4.39. The van der Waals surface area contributed by atoms with Gasteiger partial charge in [0.25, 0.3) is 0 Å². The highest BCUT2D eigenvalue weighted by Crippen LogP contribution is 2.23. The summed E-state index contributed by atoms with van der Waals surface area (Å²) in [6.07, 6.45) is 0.451. The molecule has 1 rings (SSSR count). The van der Waals surface area contributed by atoms with Gasteiger partial charge < -0.3 is 20.7 Å². The normalized spacial score (nSPS) is 11.7. The molecule has 15 heavy (non-hydrogen) atoms. The van der Waals surface area contributed by atoms with Crippen molar-refractivity contribution in [1.29, 1.82) is 0 Å². The van der Waals surface area contributed by atoms with Crippen molar-refractivity contribution >= 4 is 12.4 Å². The molecule has 0 aromatic heterocycles. The quantitative estimate of drug-likeness (QED) is 0.715. The molecule has 0 saturated heterocycles. The summed E-state index contributed by atoms with van der Waals surface area (Å²) in [5.74, 6) is 0.747. The SMILES string of the molecule is COc1ccc(CC(N)CO)c(O)c1.Cl. The number of aliphatic hydroxyl groups excluding tert-OH is 1. The van der Waals surface area contributed by atoms with Gasteiger partial charge in [-0.05, 0) is 18.1 Å². The summed E-state index contributed by atoms with van der Waals surface area (Å²) in [6.45, 7) is -0.0918. The van der Waals surface area contributed by atoms with Gasteiger partial charge in [0.15, 0.2) is 0 Å². The number of methoxy groups -OCH3 is 1. The van der Waals surface area contributed by atoms with Gasteiger partial charge in [-0.15, -0.1) is 12.4 Å². The van der Waals surface area contributed by atoms with Crippen molar-refractivity contribution in [2.45, 2.75) is 12.5 Å². The van der Waals surface area contributed by atoms with Crippen LogP contribution in [0.15, 0.2) is 18.2 Å². The Labute approximate surface area is 95.1 Å². The molecule has 0 saturated carbocycles. The zero-order valence-electron chi connectivity index (χ0n) is 8.51. The van der Waals surface area contributed by atoms with E-state index >= 15 is 0 Å². The lowest BCUT2D eigenvalue weighted by Crippen LogP contribution is -2.26. The Morgan fingerprint density at radius 1 is 1.47 bits per heavy atom. The summed E-state index contributed by atoms with van der Waals surface area (Å²) in [5.41, 5.74) is 6.27. The molecule has 0 fully saturated rings. The third-order valence-electron chi connectivity index (χ3n) is 2.01. The summed E-state index contributed by atoms with van der Waals surface area (Å²) >= 11 is 0. The van der Waals surface area contributed by atoms with Crippen LogP contribution in [0, 0.1) is 0 Å². The first-order chi connectivity index (χ1) is 6.67. The fraction of sp³-hybridized carbons (Fsp3) is 0.400. The van der Waals surface area contributed by atoms with Gasteiger partial charge in [0.2, 0.25) is 0 Å². The molecule has 0 amide bonds. The number of ether oxygens (including phenoxy) is 1. The third-order valence-corrected chi connectivity index (χ3v) is 2.01. The smallest absolute Gasteiger partial charge is 0.122 e. The molecule has 1 atom stereocenters. The van der Waals surface area contributed by atoms with Gasteiger partial charge in [0.1, 0.15) is 11.5 Å². The topological polar surface area (TPSA) is 75.7 Å². The second-order valence-electron chi connectivity index (χ2n) is 3.14. The van der Waals surface area contributed by atoms with Gasteiger partial charge in [-0.3, -0.25) is 0 Å². The van der Waals surface area contributed by atoms with Crippen LogP contribution in [0.2, 0.25) is 0 Å². The van der Waals surface area contributed by atoms with E-state index in [1.54, 1.807) is 12.1 Å². The van der Waals surface area contributed by atoms with E-state index in [-0.39, 0.29) is 30.8 Å². The summed E-state index contributed by atoms with van der Waals surface area (Å²) in [6, 6.07) is 4.68. The number of phenolic OH excluding ortho intramolecular Hbond substituents is 1. The number of nitrogens with two attached hydrogens (primary N) is 1. The van der Waals surface area contributed by atoms with Crippen molar-refractivity contribution < 1.29 is 14.9 Å². The van der Waals surface area contributed by atoms with E-state index in [0.717, 1.165) is 0 Å². The molecule has 0 aliphatic rings. The van der Waals surface area contributed by atoms with Crippen molar-refractivity contribution in [2.24, 2.45) is 5.73 Å². The average Bonchev–Trinajstić information content (AvgIpc) is 2.20. The molecular formula is C10H16ClNO3. The van der Waals surface area contributed by atoms with Gasteiger partial charge in [0.05, 0.1) is 13.7 Å². The summed E-state index contributed by atoms with van der Waals surface area (Å²) in [4.78, 5) is 0. The number of rotatable bonds is 4. The minimum absolute atomic E-state index is 0. The monoisotopic (exact) mass is 233 g/mol. The lowest BCUT2D eigenvalue weighted by atomic mass is 10.1.